The maximum absolute atomic E-state index is 5.67. The summed E-state index contributed by atoms with van der Waals surface area (Å²) in [6, 6.07) is 2.52. The van der Waals surface area contributed by atoms with Gasteiger partial charge in [-0.2, -0.15) is 0 Å². The molecule has 2 heterocycles. The first kappa shape index (κ1) is 13.2. The Bertz CT molecular complexity index is 418. The summed E-state index contributed by atoms with van der Waals surface area (Å²) >= 11 is 0. The van der Waals surface area contributed by atoms with Gasteiger partial charge in [0.15, 0.2) is 0 Å². The predicted molar refractivity (Wildman–Crippen MR) is 73.5 cm³/mol. The topological polar surface area (TPSA) is 58.3 Å². The number of rotatable bonds is 3. The summed E-state index contributed by atoms with van der Waals surface area (Å²) in [5, 5.41) is 0. The fraction of sp³-hybridized carbons (Fsp3) is 0.692. The summed E-state index contributed by atoms with van der Waals surface area (Å²) in [5.74, 6) is 1.46. The van der Waals surface area contributed by atoms with Crippen LogP contribution >= 0.6 is 0 Å². The van der Waals surface area contributed by atoms with Gasteiger partial charge in [0.1, 0.15) is 0 Å². The second kappa shape index (κ2) is 5.20. The monoisotopic (exact) mass is 249 g/mol. The molecule has 1 fully saturated rings. The summed E-state index contributed by atoms with van der Waals surface area (Å²) in [6.07, 6.45) is 0. The molecule has 5 heteroatoms. The molecular weight excluding hydrogens is 226 g/mol. The van der Waals surface area contributed by atoms with Crippen LogP contribution in [0.1, 0.15) is 18.3 Å². The van der Waals surface area contributed by atoms with Crippen molar-refractivity contribution in [3.05, 3.63) is 17.5 Å². The van der Waals surface area contributed by atoms with Crippen LogP contribution in [0.15, 0.2) is 6.07 Å². The molecule has 2 unspecified atom stereocenters. The molecule has 100 valence electrons. The molecule has 0 aliphatic carbocycles. The van der Waals surface area contributed by atoms with Gasteiger partial charge in [0.2, 0.25) is 5.95 Å². The van der Waals surface area contributed by atoms with Crippen LogP contribution in [0, 0.1) is 12.8 Å². The lowest BCUT2D eigenvalue weighted by molar-refractivity contribution is 0.266. The molecule has 1 aromatic rings. The minimum absolute atomic E-state index is 0.469. The first-order chi connectivity index (χ1) is 8.51. The number of nitrogens with two attached hydrogens (primary N) is 1. The normalized spacial score (nSPS) is 24.0. The molecule has 0 amide bonds. The number of hydrogen-bond donors (Lipinski definition) is 1. The van der Waals surface area contributed by atoms with Crippen LogP contribution in [0.25, 0.3) is 0 Å². The molecule has 1 aromatic heterocycles. The Kier molecular flexibility index (Phi) is 3.82. The Morgan fingerprint density at radius 1 is 1.39 bits per heavy atom. The molecule has 0 radical (unpaired) electrons. The van der Waals surface area contributed by atoms with Gasteiger partial charge in [-0.3, -0.25) is 0 Å². The highest BCUT2D eigenvalue weighted by Gasteiger charge is 2.32. The fourth-order valence-electron chi connectivity index (χ4n) is 2.65. The second-order valence-electron chi connectivity index (χ2n) is 5.42. The maximum atomic E-state index is 5.67. The smallest absolute Gasteiger partial charge is 0.225 e. The predicted octanol–water partition coefficient (Wildman–Crippen LogP) is 0.630. The third-order valence-corrected chi connectivity index (χ3v) is 3.62. The van der Waals surface area contributed by atoms with Crippen molar-refractivity contribution in [2.45, 2.75) is 26.4 Å². The third kappa shape index (κ3) is 2.62. The molecule has 2 atom stereocenters. The minimum atomic E-state index is 0.469. The van der Waals surface area contributed by atoms with Crippen LogP contribution in [-0.4, -0.2) is 48.1 Å². The third-order valence-electron chi connectivity index (χ3n) is 3.62. The van der Waals surface area contributed by atoms with Gasteiger partial charge in [0.05, 0.1) is 5.69 Å². The van der Waals surface area contributed by atoms with Crippen molar-refractivity contribution in [2.75, 3.05) is 32.1 Å². The largest absolute Gasteiger partial charge is 0.339 e. The second-order valence-corrected chi connectivity index (χ2v) is 5.42. The van der Waals surface area contributed by atoms with Crippen molar-refractivity contribution >= 4 is 5.95 Å². The lowest BCUT2D eigenvalue weighted by Crippen LogP contribution is -2.34. The molecule has 1 saturated heterocycles. The molecule has 1 aliphatic heterocycles. The molecule has 0 spiro atoms. The lowest BCUT2D eigenvalue weighted by Gasteiger charge is -2.22. The molecule has 0 aromatic carbocycles. The molecule has 2 rings (SSSR count). The molecular formula is C13H23N5. The molecule has 18 heavy (non-hydrogen) atoms. The summed E-state index contributed by atoms with van der Waals surface area (Å²) in [4.78, 5) is 13.6. The van der Waals surface area contributed by atoms with E-state index in [4.69, 9.17) is 5.73 Å². The number of likely N-dealkylation sites (N-methyl/N-ethyl adjacent to an activating group) is 1. The van der Waals surface area contributed by atoms with Gasteiger partial charge in [0.25, 0.3) is 0 Å². The van der Waals surface area contributed by atoms with Gasteiger partial charge in [-0.25, -0.2) is 9.97 Å². The van der Waals surface area contributed by atoms with Crippen LogP contribution in [0.4, 0.5) is 5.95 Å². The van der Waals surface area contributed by atoms with E-state index in [1.807, 2.05) is 13.0 Å². The van der Waals surface area contributed by atoms with Crippen LogP contribution < -0.4 is 10.6 Å². The van der Waals surface area contributed by atoms with Crippen molar-refractivity contribution in [1.82, 2.24) is 14.9 Å². The lowest BCUT2D eigenvalue weighted by atomic mass is 10.1. The van der Waals surface area contributed by atoms with E-state index in [2.05, 4.69) is 40.8 Å². The van der Waals surface area contributed by atoms with Crippen LogP contribution in [-0.2, 0) is 6.54 Å². The average Bonchev–Trinajstić information content (AvgIpc) is 2.70. The first-order valence-corrected chi connectivity index (χ1v) is 6.47. The van der Waals surface area contributed by atoms with Crippen LogP contribution in [0.2, 0.25) is 0 Å². The van der Waals surface area contributed by atoms with Crippen molar-refractivity contribution in [3.8, 4) is 0 Å². The highest BCUT2D eigenvalue weighted by Crippen LogP contribution is 2.23. The van der Waals surface area contributed by atoms with E-state index < -0.39 is 0 Å². The number of aromatic nitrogens is 2. The fourth-order valence-corrected chi connectivity index (χ4v) is 2.65. The zero-order valence-electron chi connectivity index (χ0n) is 11.7. The molecule has 5 nitrogen and oxygen atoms in total. The summed E-state index contributed by atoms with van der Waals surface area (Å²) in [7, 11) is 4.26. The van der Waals surface area contributed by atoms with Crippen molar-refractivity contribution in [2.24, 2.45) is 11.7 Å². The van der Waals surface area contributed by atoms with E-state index in [9.17, 15) is 0 Å². The summed E-state index contributed by atoms with van der Waals surface area (Å²) in [5.41, 5.74) is 7.57. The molecule has 0 saturated carbocycles. The van der Waals surface area contributed by atoms with Crippen molar-refractivity contribution in [1.29, 1.82) is 0 Å². The summed E-state index contributed by atoms with van der Waals surface area (Å²) in [6.45, 7) is 6.74. The zero-order valence-corrected chi connectivity index (χ0v) is 11.7. The van der Waals surface area contributed by atoms with Gasteiger partial charge >= 0.3 is 0 Å². The van der Waals surface area contributed by atoms with Gasteiger partial charge < -0.3 is 15.5 Å². The van der Waals surface area contributed by atoms with E-state index in [1.54, 1.807) is 0 Å². The van der Waals surface area contributed by atoms with E-state index in [-0.39, 0.29) is 0 Å². The van der Waals surface area contributed by atoms with E-state index in [0.717, 1.165) is 30.4 Å². The number of nitrogens with zero attached hydrogens (tertiary/aromatic N) is 4. The zero-order chi connectivity index (χ0) is 13.3. The Balaban J connectivity index is 2.20. The number of anilines is 1. The number of aryl methyl sites for hydroxylation is 1. The Morgan fingerprint density at radius 3 is 2.67 bits per heavy atom. The number of hydrogen-bond acceptors (Lipinski definition) is 5. The first-order valence-electron chi connectivity index (χ1n) is 6.47. The SMILES string of the molecule is Cc1cc(CN)nc(N2CC(C)C(N(C)C)C2)n1. The Morgan fingerprint density at radius 2 is 2.11 bits per heavy atom. The van der Waals surface area contributed by atoms with Gasteiger partial charge in [-0.05, 0) is 33.0 Å². The van der Waals surface area contributed by atoms with Gasteiger partial charge in [-0.15, -0.1) is 0 Å². The van der Waals surface area contributed by atoms with Gasteiger partial charge in [-0.1, -0.05) is 6.92 Å². The quantitative estimate of drug-likeness (QED) is 0.851. The Labute approximate surface area is 109 Å². The van der Waals surface area contributed by atoms with E-state index >= 15 is 0 Å². The molecule has 1 aliphatic rings. The maximum Gasteiger partial charge on any atom is 0.225 e. The average molecular weight is 249 g/mol. The van der Waals surface area contributed by atoms with Crippen molar-refractivity contribution < 1.29 is 0 Å². The minimum Gasteiger partial charge on any atom is -0.339 e. The van der Waals surface area contributed by atoms with Crippen LogP contribution in [0.5, 0.6) is 0 Å². The summed E-state index contributed by atoms with van der Waals surface area (Å²) < 4.78 is 0. The van der Waals surface area contributed by atoms with Crippen LogP contribution in [0.3, 0.4) is 0 Å². The van der Waals surface area contributed by atoms with E-state index in [0.29, 0.717) is 18.5 Å². The molecule has 2 N–H and O–H groups in total. The Hall–Kier alpha value is -1.20. The standard InChI is InChI=1S/C13H23N5/c1-9-7-18(8-12(9)17(3)4)13-15-10(2)5-11(6-14)16-13/h5,9,12H,6-8,14H2,1-4H3. The van der Waals surface area contributed by atoms with Gasteiger partial charge in [0, 0.05) is 31.4 Å². The highest BCUT2D eigenvalue weighted by atomic mass is 15.3. The van der Waals surface area contributed by atoms with E-state index in [1.165, 1.54) is 0 Å². The molecule has 0 bridgehead atoms. The highest BCUT2D eigenvalue weighted by molar-refractivity contribution is 5.35. The van der Waals surface area contributed by atoms with Crippen molar-refractivity contribution in [3.63, 3.8) is 0 Å².